The zero-order chi connectivity index (χ0) is 11.6. The highest BCUT2D eigenvalue weighted by Crippen LogP contribution is 2.13. The fourth-order valence-electron chi connectivity index (χ4n) is 2.07. The van der Waals surface area contributed by atoms with Crippen LogP contribution in [-0.4, -0.2) is 0 Å². The van der Waals surface area contributed by atoms with Gasteiger partial charge in [0.05, 0.1) is 0 Å². The van der Waals surface area contributed by atoms with Crippen molar-refractivity contribution in [2.24, 2.45) is 0 Å². The molecule has 1 radical (unpaired) electrons. The van der Waals surface area contributed by atoms with Crippen LogP contribution in [0, 0.1) is 6.92 Å². The zero-order valence-electron chi connectivity index (χ0n) is 10.7. The molecular formula is C16H25. The lowest BCUT2D eigenvalue weighted by molar-refractivity contribution is 0.589. The summed E-state index contributed by atoms with van der Waals surface area (Å²) in [6.07, 6.45) is 10.9. The smallest absolute Gasteiger partial charge is 0.0235 e. The van der Waals surface area contributed by atoms with Gasteiger partial charge in [-0.25, -0.2) is 0 Å². The maximum absolute atomic E-state index is 4.06. The minimum Gasteiger partial charge on any atom is -0.0654 e. The molecule has 0 unspecified atom stereocenters. The van der Waals surface area contributed by atoms with Gasteiger partial charge in [0.1, 0.15) is 0 Å². The van der Waals surface area contributed by atoms with Crippen LogP contribution in [-0.2, 0) is 6.42 Å². The highest BCUT2D eigenvalue weighted by atomic mass is 14.0. The van der Waals surface area contributed by atoms with Crippen LogP contribution in [0.25, 0.3) is 0 Å². The highest BCUT2D eigenvalue weighted by molar-refractivity contribution is 5.29. The van der Waals surface area contributed by atoms with Crippen molar-refractivity contribution in [3.8, 4) is 0 Å². The van der Waals surface area contributed by atoms with Crippen LogP contribution in [0.15, 0.2) is 24.3 Å². The van der Waals surface area contributed by atoms with Crippen LogP contribution in [0.4, 0.5) is 0 Å². The third kappa shape index (κ3) is 5.34. The highest BCUT2D eigenvalue weighted by Gasteiger charge is 1.96. The Balaban J connectivity index is 2.05. The summed E-state index contributed by atoms with van der Waals surface area (Å²) in [5.74, 6) is 0. The first-order chi connectivity index (χ1) is 7.84. The van der Waals surface area contributed by atoms with Gasteiger partial charge >= 0.3 is 0 Å². The van der Waals surface area contributed by atoms with Crippen LogP contribution >= 0.6 is 0 Å². The standard InChI is InChI=1S/C16H25/c1-3-4-5-6-7-8-9-13-16-14-11-10-12-15(16)2/h10-12,14H,2-9,13H2,1H3. The van der Waals surface area contributed by atoms with Crippen LogP contribution in [0.5, 0.6) is 0 Å². The zero-order valence-corrected chi connectivity index (χ0v) is 10.7. The molecule has 89 valence electrons. The van der Waals surface area contributed by atoms with Gasteiger partial charge in [-0.05, 0) is 30.9 Å². The number of unbranched alkanes of at least 4 members (excludes halogenated alkanes) is 6. The molecule has 0 aliphatic heterocycles. The Hall–Kier alpha value is -0.780. The van der Waals surface area contributed by atoms with E-state index in [-0.39, 0.29) is 0 Å². The summed E-state index contributed by atoms with van der Waals surface area (Å²) < 4.78 is 0. The second-order valence-corrected chi connectivity index (χ2v) is 4.64. The molecule has 0 saturated carbocycles. The first-order valence-electron chi connectivity index (χ1n) is 6.74. The molecule has 0 aliphatic rings. The lowest BCUT2D eigenvalue weighted by Crippen LogP contribution is -1.89. The van der Waals surface area contributed by atoms with Crippen molar-refractivity contribution in [2.45, 2.75) is 58.3 Å². The Morgan fingerprint density at radius 1 is 0.875 bits per heavy atom. The molecule has 0 N–H and O–H groups in total. The van der Waals surface area contributed by atoms with Gasteiger partial charge in [-0.15, -0.1) is 0 Å². The van der Waals surface area contributed by atoms with Crippen molar-refractivity contribution >= 4 is 0 Å². The molecule has 0 fully saturated rings. The Kier molecular flexibility index (Phi) is 6.96. The lowest BCUT2D eigenvalue weighted by atomic mass is 10.0. The maximum atomic E-state index is 4.06. The van der Waals surface area contributed by atoms with Crippen LogP contribution < -0.4 is 0 Å². The van der Waals surface area contributed by atoms with Crippen molar-refractivity contribution in [2.75, 3.05) is 0 Å². The molecule has 1 aromatic rings. The maximum Gasteiger partial charge on any atom is -0.0235 e. The van der Waals surface area contributed by atoms with Gasteiger partial charge in [0.2, 0.25) is 0 Å². The molecule has 0 bridgehead atoms. The first kappa shape index (κ1) is 13.3. The molecule has 0 aromatic heterocycles. The molecule has 0 spiro atoms. The van der Waals surface area contributed by atoms with Gasteiger partial charge in [0.25, 0.3) is 0 Å². The molecule has 1 aromatic carbocycles. The van der Waals surface area contributed by atoms with Crippen molar-refractivity contribution < 1.29 is 0 Å². The molecule has 1 rings (SSSR count). The van der Waals surface area contributed by atoms with E-state index in [4.69, 9.17) is 0 Å². The van der Waals surface area contributed by atoms with Gasteiger partial charge in [0, 0.05) is 0 Å². The van der Waals surface area contributed by atoms with Gasteiger partial charge in [-0.2, -0.15) is 0 Å². The Labute approximate surface area is 101 Å². The number of hydrogen-bond acceptors (Lipinski definition) is 0. The number of benzene rings is 1. The Bertz CT molecular complexity index is 275. The molecule has 0 heteroatoms. The van der Waals surface area contributed by atoms with E-state index in [1.807, 2.05) is 0 Å². The van der Waals surface area contributed by atoms with Crippen molar-refractivity contribution in [1.29, 1.82) is 0 Å². The van der Waals surface area contributed by atoms with E-state index in [0.717, 1.165) is 0 Å². The van der Waals surface area contributed by atoms with Gasteiger partial charge < -0.3 is 0 Å². The Morgan fingerprint density at radius 2 is 1.50 bits per heavy atom. The molecule has 0 amide bonds. The average molecular weight is 217 g/mol. The summed E-state index contributed by atoms with van der Waals surface area (Å²) >= 11 is 0. The SMILES string of the molecule is [CH2]c1ccccc1CCCCCCCCC. The molecule has 0 atom stereocenters. The minimum atomic E-state index is 1.20. The van der Waals surface area contributed by atoms with Gasteiger partial charge in [0.15, 0.2) is 0 Å². The van der Waals surface area contributed by atoms with E-state index in [2.05, 4.69) is 38.1 Å². The summed E-state index contributed by atoms with van der Waals surface area (Å²) in [6.45, 7) is 6.33. The summed E-state index contributed by atoms with van der Waals surface area (Å²) in [6, 6.07) is 8.50. The van der Waals surface area contributed by atoms with Gasteiger partial charge in [-0.1, -0.05) is 69.7 Å². The quantitative estimate of drug-likeness (QED) is 0.527. The molecule has 0 heterocycles. The molecule has 16 heavy (non-hydrogen) atoms. The number of hydrogen-bond donors (Lipinski definition) is 0. The summed E-state index contributed by atoms with van der Waals surface area (Å²) in [7, 11) is 0. The molecule has 0 saturated heterocycles. The van der Waals surface area contributed by atoms with E-state index < -0.39 is 0 Å². The van der Waals surface area contributed by atoms with E-state index in [1.165, 1.54) is 62.5 Å². The largest absolute Gasteiger partial charge is 0.0654 e. The van der Waals surface area contributed by atoms with Crippen LogP contribution in [0.2, 0.25) is 0 Å². The minimum absolute atomic E-state index is 1.20. The van der Waals surface area contributed by atoms with E-state index in [0.29, 0.717) is 0 Å². The van der Waals surface area contributed by atoms with E-state index in [9.17, 15) is 0 Å². The van der Waals surface area contributed by atoms with Crippen molar-refractivity contribution in [1.82, 2.24) is 0 Å². The Morgan fingerprint density at radius 3 is 2.19 bits per heavy atom. The molecular weight excluding hydrogens is 192 g/mol. The predicted molar refractivity (Wildman–Crippen MR) is 72.6 cm³/mol. The fourth-order valence-corrected chi connectivity index (χ4v) is 2.07. The van der Waals surface area contributed by atoms with E-state index in [1.54, 1.807) is 0 Å². The summed E-state index contributed by atoms with van der Waals surface area (Å²) in [4.78, 5) is 0. The molecule has 0 nitrogen and oxygen atoms in total. The van der Waals surface area contributed by atoms with Crippen molar-refractivity contribution in [3.05, 3.63) is 42.3 Å². The number of aryl methyl sites for hydroxylation is 1. The summed E-state index contributed by atoms with van der Waals surface area (Å²) in [5, 5.41) is 0. The lowest BCUT2D eigenvalue weighted by Gasteiger charge is -2.05. The molecule has 0 aliphatic carbocycles. The van der Waals surface area contributed by atoms with E-state index >= 15 is 0 Å². The summed E-state index contributed by atoms with van der Waals surface area (Å²) in [5.41, 5.74) is 2.63. The fraction of sp³-hybridized carbons (Fsp3) is 0.562. The number of rotatable bonds is 8. The van der Waals surface area contributed by atoms with Crippen molar-refractivity contribution in [3.63, 3.8) is 0 Å². The second kappa shape index (κ2) is 8.38. The predicted octanol–water partition coefficient (Wildman–Crippen LogP) is 5.16. The van der Waals surface area contributed by atoms with Crippen LogP contribution in [0.3, 0.4) is 0 Å². The second-order valence-electron chi connectivity index (χ2n) is 4.64. The van der Waals surface area contributed by atoms with Crippen LogP contribution in [0.1, 0.15) is 63.0 Å². The van der Waals surface area contributed by atoms with Gasteiger partial charge in [-0.3, -0.25) is 0 Å². The normalized spacial score (nSPS) is 10.6. The third-order valence-electron chi connectivity index (χ3n) is 3.17. The topological polar surface area (TPSA) is 0 Å². The monoisotopic (exact) mass is 217 g/mol. The first-order valence-corrected chi connectivity index (χ1v) is 6.74. The average Bonchev–Trinajstić information content (AvgIpc) is 2.30. The third-order valence-corrected chi connectivity index (χ3v) is 3.17.